The first-order valence-corrected chi connectivity index (χ1v) is 9.01. The van der Waals surface area contributed by atoms with Crippen LogP contribution in [0.5, 0.6) is 0 Å². The molecule has 0 radical (unpaired) electrons. The summed E-state index contributed by atoms with van der Waals surface area (Å²) in [5.74, 6) is 0.279. The first-order valence-electron chi connectivity index (χ1n) is 9.01. The minimum absolute atomic E-state index is 0.0570. The molecule has 8 nitrogen and oxygen atoms in total. The summed E-state index contributed by atoms with van der Waals surface area (Å²) < 4.78 is 11.8. The molecule has 0 aliphatic rings. The Balaban J connectivity index is 1.71. The quantitative estimate of drug-likeness (QED) is 0.562. The molecule has 1 aromatic carbocycles. The van der Waals surface area contributed by atoms with Gasteiger partial charge in [0.1, 0.15) is 5.69 Å². The van der Waals surface area contributed by atoms with Crippen molar-refractivity contribution in [3.8, 4) is 0 Å². The van der Waals surface area contributed by atoms with Gasteiger partial charge in [0.2, 0.25) is 0 Å². The molecular formula is C19H22N4O4. The number of esters is 1. The van der Waals surface area contributed by atoms with Gasteiger partial charge in [0, 0.05) is 13.0 Å². The van der Waals surface area contributed by atoms with Crippen molar-refractivity contribution in [3.05, 3.63) is 52.0 Å². The fourth-order valence-corrected chi connectivity index (χ4v) is 2.78. The number of carbonyl (C=O) groups excluding carboxylic acids is 1. The summed E-state index contributed by atoms with van der Waals surface area (Å²) in [4.78, 5) is 33.2. The number of aromatic nitrogens is 4. The van der Waals surface area contributed by atoms with Crippen LogP contribution in [-0.4, -0.2) is 25.7 Å². The minimum Gasteiger partial charge on any atom is -0.456 e. The molecule has 0 N–H and O–H groups in total. The number of ether oxygens (including phenoxy) is 1. The molecule has 2 heterocycles. The average Bonchev–Trinajstić information content (AvgIpc) is 3.09. The second kappa shape index (κ2) is 8.57. The fraction of sp³-hybridized carbons (Fsp3) is 0.421. The number of unbranched alkanes of at least 4 members (excludes halogenated alkanes) is 1. The molecule has 3 aromatic rings. The van der Waals surface area contributed by atoms with Crippen molar-refractivity contribution in [3.63, 3.8) is 0 Å². The zero-order valence-corrected chi connectivity index (χ0v) is 15.5. The summed E-state index contributed by atoms with van der Waals surface area (Å²) in [6.45, 7) is 4.32. The third-order valence-corrected chi connectivity index (χ3v) is 4.15. The molecule has 0 aliphatic carbocycles. The Morgan fingerprint density at radius 3 is 2.81 bits per heavy atom. The van der Waals surface area contributed by atoms with Crippen LogP contribution in [0.3, 0.4) is 0 Å². The lowest BCUT2D eigenvalue weighted by molar-refractivity contribution is -0.145. The van der Waals surface area contributed by atoms with Crippen LogP contribution in [0.2, 0.25) is 0 Å². The molecule has 0 aliphatic heterocycles. The maximum absolute atomic E-state index is 12.8. The highest BCUT2D eigenvalue weighted by atomic mass is 16.6. The van der Waals surface area contributed by atoms with Gasteiger partial charge in [-0.05, 0) is 25.5 Å². The number of rotatable bonds is 8. The lowest BCUT2D eigenvalue weighted by atomic mass is 10.2. The van der Waals surface area contributed by atoms with Crippen molar-refractivity contribution in [2.75, 3.05) is 0 Å². The number of carbonyl (C=O) groups is 1. The third-order valence-electron chi connectivity index (χ3n) is 4.15. The molecule has 3 rings (SSSR count). The zero-order valence-electron chi connectivity index (χ0n) is 15.5. The van der Waals surface area contributed by atoms with Gasteiger partial charge in [0.05, 0.1) is 17.5 Å². The molecule has 0 saturated heterocycles. The number of fused-ring (bicyclic) bond motifs is 1. The van der Waals surface area contributed by atoms with Gasteiger partial charge < -0.3 is 13.8 Å². The number of aryl methyl sites for hydroxylation is 3. The van der Waals surface area contributed by atoms with Crippen molar-refractivity contribution in [2.45, 2.75) is 52.7 Å². The molecule has 8 heteroatoms. The summed E-state index contributed by atoms with van der Waals surface area (Å²) >= 11 is 0. The molecule has 0 unspecified atom stereocenters. The number of hydrogen-bond donors (Lipinski definition) is 0. The predicted octanol–water partition coefficient (Wildman–Crippen LogP) is 2.56. The Kier molecular flexibility index (Phi) is 5.95. The molecule has 142 valence electrons. The predicted molar refractivity (Wildman–Crippen MR) is 98.1 cm³/mol. The van der Waals surface area contributed by atoms with E-state index in [0.29, 0.717) is 18.1 Å². The monoisotopic (exact) mass is 370 g/mol. The summed E-state index contributed by atoms with van der Waals surface area (Å²) in [7, 11) is 0. The smallest absolute Gasteiger partial charge is 0.306 e. The molecule has 0 saturated carbocycles. The summed E-state index contributed by atoms with van der Waals surface area (Å²) in [6, 6.07) is 7.54. The SMILES string of the molecule is CCCCn1c(=O)c(CCC(=O)OCc2nc(C)no2)nc2ccccc21. The van der Waals surface area contributed by atoms with E-state index in [9.17, 15) is 9.59 Å². The van der Waals surface area contributed by atoms with Gasteiger partial charge in [-0.2, -0.15) is 4.98 Å². The molecule has 0 amide bonds. The fourth-order valence-electron chi connectivity index (χ4n) is 2.78. The lowest BCUT2D eigenvalue weighted by Crippen LogP contribution is -2.26. The van der Waals surface area contributed by atoms with Crippen LogP contribution < -0.4 is 5.56 Å². The molecule has 2 aromatic heterocycles. The van der Waals surface area contributed by atoms with E-state index in [1.165, 1.54) is 0 Å². The van der Waals surface area contributed by atoms with Gasteiger partial charge >= 0.3 is 5.97 Å². The second-order valence-corrected chi connectivity index (χ2v) is 6.25. The first-order chi connectivity index (χ1) is 13.1. The topological polar surface area (TPSA) is 100 Å². The van der Waals surface area contributed by atoms with Crippen LogP contribution >= 0.6 is 0 Å². The largest absolute Gasteiger partial charge is 0.456 e. The molecular weight excluding hydrogens is 348 g/mol. The van der Waals surface area contributed by atoms with Gasteiger partial charge in [-0.3, -0.25) is 9.59 Å². The summed E-state index contributed by atoms with van der Waals surface area (Å²) in [6.07, 6.45) is 2.16. The van der Waals surface area contributed by atoms with E-state index in [-0.39, 0.29) is 30.9 Å². The normalized spacial score (nSPS) is 11.0. The molecule has 0 spiro atoms. The van der Waals surface area contributed by atoms with Crippen LogP contribution in [0.25, 0.3) is 11.0 Å². The van der Waals surface area contributed by atoms with Crippen molar-refractivity contribution in [1.82, 2.24) is 19.7 Å². The van der Waals surface area contributed by atoms with Crippen molar-refractivity contribution >= 4 is 17.0 Å². The maximum Gasteiger partial charge on any atom is 0.306 e. The zero-order chi connectivity index (χ0) is 19.2. The van der Waals surface area contributed by atoms with Gasteiger partial charge in [-0.25, -0.2) is 4.98 Å². The van der Waals surface area contributed by atoms with Crippen LogP contribution in [-0.2, 0) is 29.1 Å². The lowest BCUT2D eigenvalue weighted by Gasteiger charge is -2.11. The minimum atomic E-state index is -0.444. The first kappa shape index (κ1) is 18.8. The molecule has 0 atom stereocenters. The molecule has 27 heavy (non-hydrogen) atoms. The van der Waals surface area contributed by atoms with E-state index in [4.69, 9.17) is 9.26 Å². The second-order valence-electron chi connectivity index (χ2n) is 6.25. The Hall–Kier alpha value is -3.03. The van der Waals surface area contributed by atoms with E-state index in [1.54, 1.807) is 11.5 Å². The number of nitrogens with zero attached hydrogens (tertiary/aromatic N) is 4. The molecule has 0 bridgehead atoms. The average molecular weight is 370 g/mol. The molecule has 0 fully saturated rings. The standard InChI is InChI=1S/C19H22N4O4/c1-3-4-11-23-16-8-6-5-7-14(16)21-15(19(23)25)9-10-18(24)26-12-17-20-13(2)22-27-17/h5-8H,3-4,9-12H2,1-2H3. The number of hydrogen-bond acceptors (Lipinski definition) is 7. The Morgan fingerprint density at radius 2 is 2.07 bits per heavy atom. The van der Waals surface area contributed by atoms with Crippen LogP contribution in [0.15, 0.2) is 33.6 Å². The van der Waals surface area contributed by atoms with Crippen LogP contribution in [0, 0.1) is 6.92 Å². The van der Waals surface area contributed by atoms with Gasteiger partial charge in [0.25, 0.3) is 11.4 Å². The summed E-state index contributed by atoms with van der Waals surface area (Å²) in [5.41, 5.74) is 1.78. The van der Waals surface area contributed by atoms with Gasteiger partial charge in [-0.1, -0.05) is 30.6 Å². The summed E-state index contributed by atoms with van der Waals surface area (Å²) in [5, 5.41) is 3.63. The van der Waals surface area contributed by atoms with E-state index >= 15 is 0 Å². The van der Waals surface area contributed by atoms with Gasteiger partial charge in [-0.15, -0.1) is 0 Å². The van der Waals surface area contributed by atoms with Crippen LogP contribution in [0.4, 0.5) is 0 Å². The highest BCUT2D eigenvalue weighted by Gasteiger charge is 2.14. The Bertz CT molecular complexity index is 993. The Labute approximate surface area is 156 Å². The van der Waals surface area contributed by atoms with E-state index in [2.05, 4.69) is 22.0 Å². The third kappa shape index (κ3) is 4.58. The number of benzene rings is 1. The van der Waals surface area contributed by atoms with E-state index < -0.39 is 5.97 Å². The number of para-hydroxylation sites is 2. The maximum atomic E-state index is 12.8. The van der Waals surface area contributed by atoms with E-state index in [0.717, 1.165) is 23.9 Å². The Morgan fingerprint density at radius 1 is 1.26 bits per heavy atom. The highest BCUT2D eigenvalue weighted by Crippen LogP contribution is 2.12. The van der Waals surface area contributed by atoms with Crippen LogP contribution in [0.1, 0.15) is 43.6 Å². The van der Waals surface area contributed by atoms with E-state index in [1.807, 2.05) is 24.3 Å². The van der Waals surface area contributed by atoms with Crippen molar-refractivity contribution in [2.24, 2.45) is 0 Å². The highest BCUT2D eigenvalue weighted by molar-refractivity contribution is 5.75. The van der Waals surface area contributed by atoms with Crippen molar-refractivity contribution in [1.29, 1.82) is 0 Å². The van der Waals surface area contributed by atoms with Crippen molar-refractivity contribution < 1.29 is 14.1 Å². The van der Waals surface area contributed by atoms with Gasteiger partial charge in [0.15, 0.2) is 12.4 Å².